The highest BCUT2D eigenvalue weighted by Crippen LogP contribution is 2.42. The molecule has 1 aliphatic rings. The lowest BCUT2D eigenvalue weighted by Gasteiger charge is -2.20. The van der Waals surface area contributed by atoms with Crippen LogP contribution in [0.4, 0.5) is 0 Å². The van der Waals surface area contributed by atoms with Crippen LogP contribution >= 0.6 is 0 Å². The molecule has 0 N–H and O–H groups in total. The molecule has 0 bridgehead atoms. The van der Waals surface area contributed by atoms with Gasteiger partial charge in [0.15, 0.2) is 17.5 Å². The van der Waals surface area contributed by atoms with Crippen molar-refractivity contribution in [2.24, 2.45) is 5.92 Å². The van der Waals surface area contributed by atoms with Gasteiger partial charge in [0.25, 0.3) is 0 Å². The molecule has 70 heavy (non-hydrogen) atoms. The third-order valence-electron chi connectivity index (χ3n) is 14.2. The Balaban J connectivity index is 1.02. The minimum Gasteiger partial charge on any atom is -0.313 e. The fraction of sp³-hybridized carbons (Fsp3) is 0.0469. The molecule has 330 valence electrons. The van der Waals surface area contributed by atoms with Crippen LogP contribution in [0.5, 0.6) is 0 Å². The highest BCUT2D eigenvalue weighted by molar-refractivity contribution is 6.12. The minimum atomic E-state index is 0.447. The summed E-state index contributed by atoms with van der Waals surface area (Å²) in [6.45, 7) is 2.31. The van der Waals surface area contributed by atoms with Crippen molar-refractivity contribution in [2.75, 3.05) is 0 Å². The molecule has 6 nitrogen and oxygen atoms in total. The highest BCUT2D eigenvalue weighted by atomic mass is 15.1. The summed E-state index contributed by atoms with van der Waals surface area (Å²) >= 11 is 0. The highest BCUT2D eigenvalue weighted by Gasteiger charge is 2.24. The average Bonchev–Trinajstić information content (AvgIpc) is 4.06. The van der Waals surface area contributed by atoms with Crippen molar-refractivity contribution in [1.82, 2.24) is 28.7 Å². The topological polar surface area (TPSA) is 53.5 Å². The largest absolute Gasteiger partial charge is 0.313 e. The number of allylic oxidation sites excluding steroid dienone is 1. The van der Waals surface area contributed by atoms with Crippen molar-refractivity contribution in [3.8, 4) is 62.4 Å². The van der Waals surface area contributed by atoms with Crippen LogP contribution in [-0.2, 0) is 6.42 Å². The Bertz CT molecular complexity index is 4120. The normalized spacial score (nSPS) is 13.5. The van der Waals surface area contributed by atoms with Gasteiger partial charge in [0.1, 0.15) is 0 Å². The summed E-state index contributed by atoms with van der Waals surface area (Å²) in [6.07, 6.45) is 5.67. The molecule has 1 unspecified atom stereocenters. The van der Waals surface area contributed by atoms with Gasteiger partial charge in [-0.3, -0.25) is 0 Å². The Morgan fingerprint density at radius 2 is 0.829 bits per heavy atom. The van der Waals surface area contributed by atoms with Crippen LogP contribution in [0.1, 0.15) is 18.2 Å². The van der Waals surface area contributed by atoms with Gasteiger partial charge in [-0.15, -0.1) is 0 Å². The van der Waals surface area contributed by atoms with Gasteiger partial charge in [-0.05, 0) is 78.1 Å². The van der Waals surface area contributed by atoms with Crippen molar-refractivity contribution >= 4 is 60.6 Å². The molecule has 14 rings (SSSR count). The maximum absolute atomic E-state index is 5.11. The number of para-hydroxylation sites is 4. The van der Waals surface area contributed by atoms with Gasteiger partial charge in [0.2, 0.25) is 0 Å². The third kappa shape index (κ3) is 6.37. The smallest absolute Gasteiger partial charge is 0.164 e. The Morgan fingerprint density at radius 1 is 0.357 bits per heavy atom. The van der Waals surface area contributed by atoms with Gasteiger partial charge >= 0.3 is 0 Å². The first-order valence-corrected chi connectivity index (χ1v) is 24.1. The van der Waals surface area contributed by atoms with E-state index in [2.05, 4.69) is 215 Å². The van der Waals surface area contributed by atoms with Crippen LogP contribution in [-0.4, -0.2) is 28.7 Å². The number of hydrogen-bond donors (Lipinski definition) is 0. The monoisotopic (exact) mass is 896 g/mol. The van der Waals surface area contributed by atoms with Gasteiger partial charge in [-0.25, -0.2) is 15.0 Å². The number of nitrogens with zero attached hydrogens (tertiary/aromatic N) is 6. The van der Waals surface area contributed by atoms with Gasteiger partial charge in [-0.1, -0.05) is 183 Å². The third-order valence-corrected chi connectivity index (χ3v) is 14.2. The molecule has 0 aliphatic heterocycles. The number of aromatic nitrogens is 6. The molecule has 9 aromatic carbocycles. The predicted octanol–water partition coefficient (Wildman–Crippen LogP) is 15.9. The zero-order chi connectivity index (χ0) is 46.3. The molecule has 4 aromatic heterocycles. The quantitative estimate of drug-likeness (QED) is 0.160. The molecule has 0 spiro atoms. The molecule has 0 saturated heterocycles. The van der Waals surface area contributed by atoms with Gasteiger partial charge in [0.05, 0.1) is 39.0 Å². The Hall–Kier alpha value is -9.13. The maximum Gasteiger partial charge on any atom is 0.164 e. The summed E-state index contributed by atoms with van der Waals surface area (Å²) in [7, 11) is 0. The Morgan fingerprint density at radius 3 is 1.44 bits per heavy atom. The summed E-state index contributed by atoms with van der Waals surface area (Å²) in [5.74, 6) is 2.34. The van der Waals surface area contributed by atoms with Crippen molar-refractivity contribution in [1.29, 1.82) is 0 Å². The lowest BCUT2D eigenvalue weighted by molar-refractivity contribution is 0.691. The molecule has 0 amide bonds. The standard InChI is InChI=1S/C64H44N6/c1-41-31-34-52-50-25-8-12-27-54(50)68(59(52)37-41)47-33-35-53-51-26-11-15-30-57(51)70(60(53)40-47)61-39-45(32-36-58(61)69-55-28-13-9-23-48(55)49-24-10-14-29-56(49)69)44-21-16-22-46(38-44)64-66-62(42-17-4-2-5-18-42)65-63(67-64)43-19-6-3-7-20-43/h2-36,38-41H,37H2,1H3. The van der Waals surface area contributed by atoms with E-state index in [1.165, 1.54) is 43.7 Å². The number of hydrogen-bond acceptors (Lipinski definition) is 3. The van der Waals surface area contributed by atoms with Crippen molar-refractivity contribution in [3.63, 3.8) is 0 Å². The Kier molecular flexibility index (Phi) is 9.14. The van der Waals surface area contributed by atoms with E-state index in [4.69, 9.17) is 15.0 Å². The first-order chi connectivity index (χ1) is 34.6. The SMILES string of the molecule is CC1C=Cc2c(n(-c3ccc4c5ccccc5n(-c5cc(-c6cccc(-c7nc(-c8ccccc8)nc(-c8ccccc8)n7)c6)ccc5-n5c6ccccc6c6ccccc65)c4c3)c3ccccc23)C1. The molecular weight excluding hydrogens is 853 g/mol. The number of rotatable bonds is 7. The van der Waals surface area contributed by atoms with E-state index in [-0.39, 0.29) is 0 Å². The number of benzene rings is 9. The summed E-state index contributed by atoms with van der Waals surface area (Å²) in [5, 5.41) is 6.14. The molecule has 1 atom stereocenters. The molecule has 0 radical (unpaired) electrons. The van der Waals surface area contributed by atoms with Crippen LogP contribution in [0.15, 0.2) is 224 Å². The molecule has 0 fully saturated rings. The second kappa shape index (κ2) is 16.0. The van der Waals surface area contributed by atoms with Crippen molar-refractivity contribution in [2.45, 2.75) is 13.3 Å². The second-order valence-corrected chi connectivity index (χ2v) is 18.5. The van der Waals surface area contributed by atoms with Gasteiger partial charge in [0, 0.05) is 60.6 Å². The van der Waals surface area contributed by atoms with E-state index >= 15 is 0 Å². The summed E-state index contributed by atoms with van der Waals surface area (Å²) in [6, 6.07) is 78.3. The molecule has 0 saturated carbocycles. The Labute approximate surface area is 404 Å². The van der Waals surface area contributed by atoms with Gasteiger partial charge < -0.3 is 13.7 Å². The van der Waals surface area contributed by atoms with Crippen molar-refractivity contribution in [3.05, 3.63) is 236 Å². The van der Waals surface area contributed by atoms with E-state index in [9.17, 15) is 0 Å². The second-order valence-electron chi connectivity index (χ2n) is 18.5. The summed E-state index contributed by atoms with van der Waals surface area (Å²) in [4.78, 5) is 15.2. The summed E-state index contributed by atoms with van der Waals surface area (Å²) in [5.41, 5.74) is 16.8. The first-order valence-electron chi connectivity index (χ1n) is 24.1. The predicted molar refractivity (Wildman–Crippen MR) is 289 cm³/mol. The van der Waals surface area contributed by atoms with E-state index < -0.39 is 0 Å². The maximum atomic E-state index is 5.11. The van der Waals surface area contributed by atoms with E-state index in [0.29, 0.717) is 23.4 Å². The fourth-order valence-electron chi connectivity index (χ4n) is 11.0. The van der Waals surface area contributed by atoms with Crippen molar-refractivity contribution < 1.29 is 0 Å². The molecule has 6 heteroatoms. The van der Waals surface area contributed by atoms with E-state index in [1.54, 1.807) is 0 Å². The van der Waals surface area contributed by atoms with Crippen LogP contribution < -0.4 is 0 Å². The minimum absolute atomic E-state index is 0.447. The lowest BCUT2D eigenvalue weighted by Crippen LogP contribution is -2.08. The average molecular weight is 897 g/mol. The summed E-state index contributed by atoms with van der Waals surface area (Å²) < 4.78 is 7.47. The zero-order valence-corrected chi connectivity index (χ0v) is 38.4. The van der Waals surface area contributed by atoms with Gasteiger partial charge in [-0.2, -0.15) is 0 Å². The fourth-order valence-corrected chi connectivity index (χ4v) is 11.0. The van der Waals surface area contributed by atoms with Crippen LogP contribution in [0.25, 0.3) is 123 Å². The molecular formula is C64H44N6. The molecule has 4 heterocycles. The van der Waals surface area contributed by atoms with Crippen LogP contribution in [0.2, 0.25) is 0 Å². The zero-order valence-electron chi connectivity index (χ0n) is 38.4. The molecule has 1 aliphatic carbocycles. The van der Waals surface area contributed by atoms with Crippen LogP contribution in [0, 0.1) is 5.92 Å². The van der Waals surface area contributed by atoms with E-state index in [1.807, 2.05) is 36.4 Å². The first kappa shape index (κ1) is 40.0. The van der Waals surface area contributed by atoms with Crippen LogP contribution in [0.3, 0.4) is 0 Å². The molecule has 13 aromatic rings. The lowest BCUT2D eigenvalue weighted by atomic mass is 9.95. The number of fused-ring (bicyclic) bond motifs is 9. The van der Waals surface area contributed by atoms with E-state index in [0.717, 1.165) is 73.4 Å².